The van der Waals surface area contributed by atoms with Crippen LogP contribution < -0.4 is 0 Å². The van der Waals surface area contributed by atoms with Gasteiger partial charge in [0, 0.05) is 58.4 Å². The summed E-state index contributed by atoms with van der Waals surface area (Å²) in [7, 11) is 0. The average molecular weight is 565 g/mol. The Morgan fingerprint density at radius 3 is 1.65 bits per heavy atom. The van der Waals surface area contributed by atoms with Gasteiger partial charge in [-0.15, -0.1) is 11.3 Å². The van der Waals surface area contributed by atoms with Crippen LogP contribution in [-0.4, -0.2) is 9.97 Å². The molecule has 0 amide bonds. The highest BCUT2D eigenvalue weighted by molar-refractivity contribution is 7.27. The minimum Gasteiger partial charge on any atom is -0.248 e. The first kappa shape index (κ1) is 24.2. The third-order valence-electron chi connectivity index (χ3n) is 8.42. The topological polar surface area (TPSA) is 25.8 Å². The van der Waals surface area contributed by atoms with Crippen molar-refractivity contribution in [1.82, 2.24) is 9.97 Å². The number of para-hydroxylation sites is 1. The van der Waals surface area contributed by atoms with E-state index in [4.69, 9.17) is 9.97 Å². The largest absolute Gasteiger partial charge is 0.248 e. The maximum Gasteiger partial charge on any atom is 0.0796 e. The van der Waals surface area contributed by atoms with E-state index >= 15 is 0 Å². The van der Waals surface area contributed by atoms with Crippen LogP contribution >= 0.6 is 11.3 Å². The zero-order valence-electron chi connectivity index (χ0n) is 23.2. The summed E-state index contributed by atoms with van der Waals surface area (Å²) in [4.78, 5) is 10.6. The molecule has 0 spiro atoms. The van der Waals surface area contributed by atoms with E-state index in [0.29, 0.717) is 0 Å². The molecule has 0 saturated carbocycles. The van der Waals surface area contributed by atoms with Crippen LogP contribution in [0.3, 0.4) is 0 Å². The first-order chi connectivity index (χ1) is 21.3. The van der Waals surface area contributed by atoms with Crippen LogP contribution in [0.5, 0.6) is 0 Å². The summed E-state index contributed by atoms with van der Waals surface area (Å²) in [5.41, 5.74) is 7.09. The maximum absolute atomic E-state index is 5.44. The van der Waals surface area contributed by atoms with Gasteiger partial charge in [0.25, 0.3) is 0 Å². The van der Waals surface area contributed by atoms with Gasteiger partial charge < -0.3 is 0 Å². The summed E-state index contributed by atoms with van der Waals surface area (Å²) in [6.45, 7) is 0. The molecule has 43 heavy (non-hydrogen) atoms. The molecule has 0 N–H and O–H groups in total. The smallest absolute Gasteiger partial charge is 0.0796 e. The first-order valence-electron chi connectivity index (χ1n) is 14.5. The van der Waals surface area contributed by atoms with E-state index in [1.807, 2.05) is 23.5 Å². The monoisotopic (exact) mass is 564 g/mol. The Morgan fingerprint density at radius 2 is 0.953 bits per heavy atom. The van der Waals surface area contributed by atoms with E-state index in [1.54, 1.807) is 0 Å². The lowest BCUT2D eigenvalue weighted by atomic mass is 9.91. The van der Waals surface area contributed by atoms with Crippen molar-refractivity contribution in [1.29, 1.82) is 0 Å². The summed E-state index contributed by atoms with van der Waals surface area (Å²) in [6, 6.07) is 51.5. The van der Waals surface area contributed by atoms with Crippen molar-refractivity contribution in [3.8, 4) is 33.8 Å². The Bertz CT molecular complexity index is 2440. The third kappa shape index (κ3) is 3.79. The lowest BCUT2D eigenvalue weighted by molar-refractivity contribution is 1.31. The van der Waals surface area contributed by atoms with Gasteiger partial charge in [-0.05, 0) is 29.7 Å². The molecule has 9 aromatic rings. The Kier molecular flexibility index (Phi) is 5.40. The van der Waals surface area contributed by atoms with Gasteiger partial charge in [0.1, 0.15) is 0 Å². The first-order valence-corrected chi connectivity index (χ1v) is 15.3. The van der Waals surface area contributed by atoms with Gasteiger partial charge in [0.2, 0.25) is 0 Å². The van der Waals surface area contributed by atoms with Gasteiger partial charge in [-0.3, -0.25) is 0 Å². The molecule has 0 atom stereocenters. The van der Waals surface area contributed by atoms with Crippen LogP contribution in [0.25, 0.3) is 86.4 Å². The van der Waals surface area contributed by atoms with E-state index in [0.717, 1.165) is 39.3 Å². The fourth-order valence-corrected chi connectivity index (χ4v) is 7.75. The highest BCUT2D eigenvalue weighted by Gasteiger charge is 2.21. The molecule has 6 aromatic carbocycles. The molecule has 0 saturated heterocycles. The van der Waals surface area contributed by atoms with Crippen LogP contribution in [0.1, 0.15) is 0 Å². The summed E-state index contributed by atoms with van der Waals surface area (Å²) < 4.78 is 2.63. The Hall–Kier alpha value is -5.38. The molecule has 2 nitrogen and oxygen atoms in total. The molecule has 0 bridgehead atoms. The van der Waals surface area contributed by atoms with Gasteiger partial charge in [0.05, 0.1) is 22.6 Å². The van der Waals surface area contributed by atoms with E-state index in [9.17, 15) is 0 Å². The highest BCUT2D eigenvalue weighted by atomic mass is 32.1. The van der Waals surface area contributed by atoms with Crippen LogP contribution in [0.2, 0.25) is 0 Å². The number of hydrogen-bond acceptors (Lipinski definition) is 3. The minimum absolute atomic E-state index is 0.937. The normalized spacial score (nSPS) is 11.7. The van der Waals surface area contributed by atoms with Crippen molar-refractivity contribution in [2.24, 2.45) is 0 Å². The van der Waals surface area contributed by atoms with Crippen LogP contribution in [-0.2, 0) is 0 Å². The lowest BCUT2D eigenvalue weighted by Gasteiger charge is -2.16. The van der Waals surface area contributed by atoms with Crippen molar-refractivity contribution < 1.29 is 0 Å². The van der Waals surface area contributed by atoms with E-state index in [1.165, 1.54) is 47.1 Å². The molecule has 0 radical (unpaired) electrons. The van der Waals surface area contributed by atoms with Crippen LogP contribution in [0, 0.1) is 0 Å². The summed E-state index contributed by atoms with van der Waals surface area (Å²) in [5.74, 6) is 0. The van der Waals surface area contributed by atoms with Gasteiger partial charge in [0.15, 0.2) is 0 Å². The molecular weight excluding hydrogens is 541 g/mol. The molecular formula is C40H24N2S. The van der Waals surface area contributed by atoms with Crippen molar-refractivity contribution in [3.63, 3.8) is 0 Å². The number of pyridine rings is 2. The zero-order chi connectivity index (χ0) is 28.3. The molecule has 0 aliphatic rings. The average Bonchev–Trinajstić information content (AvgIpc) is 3.48. The number of nitrogens with zero attached hydrogens (tertiary/aromatic N) is 2. The SMILES string of the molecule is c1ccc(-c2cc(-c3nc4ccccc4c4c3c3ccccc3c3sc5ccccc5c34)cc(-c3ccccc3)n2)cc1. The standard InChI is InChI=1S/C40H24N2S/c1-3-13-25(14-4-1)33-23-27(24-34(41-33)26-15-5-2-6-16-26)39-37-28-17-7-8-18-29(28)40-38(31-20-10-12-22-35(31)43-40)36(37)30-19-9-11-21-32(30)42-39/h1-24H. The molecule has 200 valence electrons. The predicted octanol–water partition coefficient (Wildman–Crippen LogP) is 11.3. The number of hydrogen-bond donors (Lipinski definition) is 0. The molecule has 0 aliphatic heterocycles. The number of fused-ring (bicyclic) bond motifs is 10. The fourth-order valence-electron chi connectivity index (χ4n) is 6.51. The Labute approximate surface area is 252 Å². The van der Waals surface area contributed by atoms with E-state index < -0.39 is 0 Å². The molecule has 9 rings (SSSR count). The van der Waals surface area contributed by atoms with Crippen LogP contribution in [0.15, 0.2) is 146 Å². The van der Waals surface area contributed by atoms with Crippen molar-refractivity contribution in [2.45, 2.75) is 0 Å². The van der Waals surface area contributed by atoms with Crippen molar-refractivity contribution in [2.75, 3.05) is 0 Å². The minimum atomic E-state index is 0.937. The maximum atomic E-state index is 5.44. The van der Waals surface area contributed by atoms with Gasteiger partial charge >= 0.3 is 0 Å². The number of aromatic nitrogens is 2. The van der Waals surface area contributed by atoms with Crippen molar-refractivity contribution in [3.05, 3.63) is 146 Å². The summed E-state index contributed by atoms with van der Waals surface area (Å²) in [5, 5.41) is 8.75. The van der Waals surface area contributed by atoms with Crippen molar-refractivity contribution >= 4 is 64.0 Å². The fraction of sp³-hybridized carbons (Fsp3) is 0. The molecule has 0 unspecified atom stereocenters. The summed E-state index contributed by atoms with van der Waals surface area (Å²) >= 11 is 1.89. The highest BCUT2D eigenvalue weighted by Crippen LogP contribution is 2.48. The third-order valence-corrected chi connectivity index (χ3v) is 9.62. The lowest BCUT2D eigenvalue weighted by Crippen LogP contribution is -1.95. The van der Waals surface area contributed by atoms with E-state index in [-0.39, 0.29) is 0 Å². The molecule has 0 aliphatic carbocycles. The van der Waals surface area contributed by atoms with Gasteiger partial charge in [-0.1, -0.05) is 121 Å². The molecule has 0 fully saturated rings. The zero-order valence-corrected chi connectivity index (χ0v) is 24.0. The van der Waals surface area contributed by atoms with Gasteiger partial charge in [-0.2, -0.15) is 0 Å². The van der Waals surface area contributed by atoms with Gasteiger partial charge in [-0.25, -0.2) is 9.97 Å². The second-order valence-corrected chi connectivity index (χ2v) is 12.0. The molecule has 3 heterocycles. The molecule has 3 heteroatoms. The quantitative estimate of drug-likeness (QED) is 0.199. The second-order valence-electron chi connectivity index (χ2n) is 10.9. The number of thiophene rings is 1. The molecule has 3 aromatic heterocycles. The predicted molar refractivity (Wildman–Crippen MR) is 184 cm³/mol. The van der Waals surface area contributed by atoms with Crippen LogP contribution in [0.4, 0.5) is 0 Å². The second kappa shape index (κ2) is 9.59. The number of benzene rings is 6. The summed E-state index contributed by atoms with van der Waals surface area (Å²) in [6.07, 6.45) is 0. The Balaban J connectivity index is 1.50. The Morgan fingerprint density at radius 1 is 0.395 bits per heavy atom. The number of rotatable bonds is 3. The van der Waals surface area contributed by atoms with E-state index in [2.05, 4.69) is 133 Å².